The van der Waals surface area contributed by atoms with Crippen LogP contribution in [0, 0.1) is 5.92 Å². The number of hydrogen-bond donors (Lipinski definition) is 1. The Morgan fingerprint density at radius 2 is 2.00 bits per heavy atom. The van der Waals surface area contributed by atoms with Gasteiger partial charge >= 0.3 is 0 Å². The summed E-state index contributed by atoms with van der Waals surface area (Å²) in [6.45, 7) is 0.412. The van der Waals surface area contributed by atoms with Gasteiger partial charge in [0, 0.05) is 18.0 Å². The van der Waals surface area contributed by atoms with Crippen molar-refractivity contribution in [3.8, 4) is 0 Å². The van der Waals surface area contributed by atoms with E-state index >= 15 is 0 Å². The second-order valence-corrected chi connectivity index (χ2v) is 8.47. The lowest BCUT2D eigenvalue weighted by Gasteiger charge is -2.34. The number of fused-ring (bicyclic) bond motifs is 1. The number of carbonyl (C=O) groups excluding carboxylic acids is 1. The van der Waals surface area contributed by atoms with Crippen molar-refractivity contribution in [2.45, 2.75) is 57.2 Å². The van der Waals surface area contributed by atoms with Crippen LogP contribution in [0.5, 0.6) is 0 Å². The number of alkyl halides is 1. The Morgan fingerprint density at radius 3 is 2.67 bits per heavy atom. The van der Waals surface area contributed by atoms with E-state index in [1.165, 1.54) is 25.7 Å². The first-order valence-electron chi connectivity index (χ1n) is 9.88. The fraction of sp³-hybridized carbons (Fsp3) is 0.571. The molecule has 1 saturated carbocycles. The molecule has 27 heavy (non-hydrogen) atoms. The molecule has 1 aromatic carbocycles. The number of nitrogens with one attached hydrogen (secondary N) is 1. The molecular weight excluding hydrogens is 367 g/mol. The highest BCUT2D eigenvalue weighted by Crippen LogP contribution is 2.35. The summed E-state index contributed by atoms with van der Waals surface area (Å²) in [4.78, 5) is 12.7. The van der Waals surface area contributed by atoms with Gasteiger partial charge in [-0.2, -0.15) is 0 Å². The number of carbonyl (C=O) groups is 1. The molecule has 1 aliphatic carbocycles. The summed E-state index contributed by atoms with van der Waals surface area (Å²) in [5, 5.41) is 4.38. The van der Waals surface area contributed by atoms with E-state index in [1.54, 1.807) is 12.3 Å². The Hall–Kier alpha value is -1.59. The number of amides is 1. The fourth-order valence-electron chi connectivity index (χ4n) is 4.29. The molecule has 4 nitrogen and oxygen atoms in total. The standard InChI is InChI=1S/C21H26ClFN2O2/c22-16-8-5-9-18-20(16)17(11-25(18)12-21(23)13-27-14-21)24-19(26)10-15-6-3-1-2-4-7-15/h5,8-9,11,15H,1-4,6-7,10,12-14H2,(H,24,26). The van der Waals surface area contributed by atoms with E-state index in [0.717, 1.165) is 23.7 Å². The van der Waals surface area contributed by atoms with Crippen molar-refractivity contribution in [2.24, 2.45) is 5.92 Å². The topological polar surface area (TPSA) is 43.3 Å². The van der Waals surface area contributed by atoms with Crippen molar-refractivity contribution < 1.29 is 13.9 Å². The highest BCUT2D eigenvalue weighted by atomic mass is 35.5. The minimum atomic E-state index is -1.35. The minimum absolute atomic E-state index is 0.0165. The Bertz CT molecular complexity index is 823. The van der Waals surface area contributed by atoms with Crippen molar-refractivity contribution in [2.75, 3.05) is 18.5 Å². The van der Waals surface area contributed by atoms with Gasteiger partial charge in [0.2, 0.25) is 5.91 Å². The van der Waals surface area contributed by atoms with Gasteiger partial charge in [-0.15, -0.1) is 0 Å². The third-order valence-electron chi connectivity index (χ3n) is 5.75. The van der Waals surface area contributed by atoms with Crippen molar-refractivity contribution in [1.29, 1.82) is 0 Å². The first kappa shape index (κ1) is 18.8. The van der Waals surface area contributed by atoms with Gasteiger partial charge in [0.25, 0.3) is 0 Å². The van der Waals surface area contributed by atoms with E-state index in [4.69, 9.17) is 16.3 Å². The first-order chi connectivity index (χ1) is 13.0. The molecule has 2 heterocycles. The second kappa shape index (κ2) is 7.80. The maximum Gasteiger partial charge on any atom is 0.224 e. The van der Waals surface area contributed by atoms with E-state index in [0.29, 0.717) is 23.0 Å². The molecule has 1 saturated heterocycles. The summed E-state index contributed by atoms with van der Waals surface area (Å²) < 4.78 is 21.4. The van der Waals surface area contributed by atoms with Gasteiger partial charge in [-0.1, -0.05) is 43.4 Å². The number of nitrogens with zero attached hydrogens (tertiary/aromatic N) is 1. The molecule has 0 spiro atoms. The molecule has 146 valence electrons. The van der Waals surface area contributed by atoms with Crippen molar-refractivity contribution in [1.82, 2.24) is 4.57 Å². The van der Waals surface area contributed by atoms with E-state index in [1.807, 2.05) is 16.7 Å². The summed E-state index contributed by atoms with van der Waals surface area (Å²) in [5.41, 5.74) is 0.143. The molecule has 6 heteroatoms. The number of aromatic nitrogens is 1. The lowest BCUT2D eigenvalue weighted by molar-refractivity contribution is -0.136. The molecule has 4 rings (SSSR count). The molecule has 2 fully saturated rings. The highest BCUT2D eigenvalue weighted by Gasteiger charge is 2.39. The summed E-state index contributed by atoms with van der Waals surface area (Å²) in [5.74, 6) is 0.473. The molecule has 0 unspecified atom stereocenters. The van der Waals surface area contributed by atoms with Crippen LogP contribution < -0.4 is 5.32 Å². The summed E-state index contributed by atoms with van der Waals surface area (Å²) >= 11 is 6.41. The third-order valence-corrected chi connectivity index (χ3v) is 6.07. The molecule has 0 bridgehead atoms. The molecule has 1 aliphatic heterocycles. The molecule has 0 atom stereocenters. The fourth-order valence-corrected chi connectivity index (χ4v) is 4.56. The van der Waals surface area contributed by atoms with Crippen LogP contribution in [0.4, 0.5) is 10.1 Å². The number of anilines is 1. The van der Waals surface area contributed by atoms with E-state index in [9.17, 15) is 9.18 Å². The number of ether oxygens (including phenoxy) is 1. The zero-order valence-corrected chi connectivity index (χ0v) is 16.2. The van der Waals surface area contributed by atoms with Crippen LogP contribution in [0.25, 0.3) is 10.9 Å². The van der Waals surface area contributed by atoms with Gasteiger partial charge in [-0.3, -0.25) is 4.79 Å². The van der Waals surface area contributed by atoms with Crippen molar-refractivity contribution >= 4 is 34.1 Å². The van der Waals surface area contributed by atoms with Gasteiger partial charge in [0.05, 0.1) is 36.0 Å². The minimum Gasteiger partial charge on any atom is -0.374 e. The number of rotatable bonds is 5. The van der Waals surface area contributed by atoms with Crippen LogP contribution in [-0.4, -0.2) is 29.4 Å². The van der Waals surface area contributed by atoms with Crippen LogP contribution >= 0.6 is 11.6 Å². The van der Waals surface area contributed by atoms with E-state index in [-0.39, 0.29) is 25.7 Å². The van der Waals surface area contributed by atoms with E-state index in [2.05, 4.69) is 5.32 Å². The van der Waals surface area contributed by atoms with E-state index < -0.39 is 5.67 Å². The average Bonchev–Trinajstić information content (AvgIpc) is 2.78. The molecule has 2 aromatic rings. The molecule has 1 amide bonds. The van der Waals surface area contributed by atoms with Crippen LogP contribution in [0.15, 0.2) is 24.4 Å². The van der Waals surface area contributed by atoms with Gasteiger partial charge < -0.3 is 14.6 Å². The highest BCUT2D eigenvalue weighted by molar-refractivity contribution is 6.36. The average molecular weight is 393 g/mol. The summed E-state index contributed by atoms with van der Waals surface area (Å²) in [6, 6.07) is 5.55. The van der Waals surface area contributed by atoms with Gasteiger partial charge in [0.1, 0.15) is 0 Å². The predicted molar refractivity (Wildman–Crippen MR) is 106 cm³/mol. The maximum absolute atomic E-state index is 14.6. The van der Waals surface area contributed by atoms with Gasteiger partial charge in [-0.25, -0.2) is 4.39 Å². The molecule has 2 aliphatic rings. The Morgan fingerprint density at radius 1 is 1.26 bits per heavy atom. The predicted octanol–water partition coefficient (Wildman–Crippen LogP) is 5.33. The van der Waals surface area contributed by atoms with Crippen molar-refractivity contribution in [3.63, 3.8) is 0 Å². The maximum atomic E-state index is 14.6. The Balaban J connectivity index is 1.54. The summed E-state index contributed by atoms with van der Waals surface area (Å²) in [6.07, 6.45) is 9.57. The molecule has 1 N–H and O–H groups in total. The zero-order chi connectivity index (χ0) is 18.9. The van der Waals surface area contributed by atoms with Crippen LogP contribution in [0.3, 0.4) is 0 Å². The lowest BCUT2D eigenvalue weighted by Crippen LogP contribution is -2.48. The normalized spacial score (nSPS) is 20.2. The SMILES string of the molecule is O=C(CC1CCCCCC1)Nc1cn(CC2(F)COC2)c2cccc(Cl)c12. The summed E-state index contributed by atoms with van der Waals surface area (Å²) in [7, 11) is 0. The van der Waals surface area contributed by atoms with Crippen LogP contribution in [0.2, 0.25) is 5.02 Å². The van der Waals surface area contributed by atoms with Gasteiger partial charge in [-0.05, 0) is 30.9 Å². The largest absolute Gasteiger partial charge is 0.374 e. The van der Waals surface area contributed by atoms with Crippen LogP contribution in [-0.2, 0) is 16.1 Å². The monoisotopic (exact) mass is 392 g/mol. The molecular formula is C21H26ClFN2O2. The quantitative estimate of drug-likeness (QED) is 0.698. The third kappa shape index (κ3) is 4.14. The molecule has 1 aromatic heterocycles. The Kier molecular flexibility index (Phi) is 5.42. The number of halogens is 2. The zero-order valence-electron chi connectivity index (χ0n) is 15.5. The Labute approximate surface area is 164 Å². The first-order valence-corrected chi connectivity index (χ1v) is 10.3. The molecule has 0 radical (unpaired) electrons. The van der Waals surface area contributed by atoms with Gasteiger partial charge in [0.15, 0.2) is 5.67 Å². The smallest absolute Gasteiger partial charge is 0.224 e. The second-order valence-electron chi connectivity index (χ2n) is 8.06. The van der Waals surface area contributed by atoms with Crippen LogP contribution in [0.1, 0.15) is 44.9 Å². The number of hydrogen-bond acceptors (Lipinski definition) is 2. The van der Waals surface area contributed by atoms with Crippen molar-refractivity contribution in [3.05, 3.63) is 29.4 Å². The lowest BCUT2D eigenvalue weighted by atomic mass is 9.96. The number of benzene rings is 1.